The SMILES string of the molecule is COC1CN(Cc2ccc(F)c(C(=O)O)c2)CC1OC. The molecule has 6 heteroatoms. The van der Waals surface area contributed by atoms with Gasteiger partial charge in [0.2, 0.25) is 0 Å². The van der Waals surface area contributed by atoms with E-state index in [1.54, 1.807) is 20.3 Å². The van der Waals surface area contributed by atoms with Gasteiger partial charge in [-0.1, -0.05) is 6.07 Å². The summed E-state index contributed by atoms with van der Waals surface area (Å²) in [4.78, 5) is 13.0. The summed E-state index contributed by atoms with van der Waals surface area (Å²) in [6.45, 7) is 1.95. The number of hydrogen-bond donors (Lipinski definition) is 1. The summed E-state index contributed by atoms with van der Waals surface area (Å²) < 4.78 is 24.0. The highest BCUT2D eigenvalue weighted by molar-refractivity contribution is 5.88. The van der Waals surface area contributed by atoms with Crippen LogP contribution in [0, 0.1) is 5.82 Å². The van der Waals surface area contributed by atoms with Gasteiger partial charge in [-0.3, -0.25) is 4.90 Å². The van der Waals surface area contributed by atoms with Crippen LogP contribution in [0.4, 0.5) is 4.39 Å². The molecule has 0 aliphatic carbocycles. The zero-order valence-electron chi connectivity index (χ0n) is 11.5. The molecule has 0 spiro atoms. The fraction of sp³-hybridized carbons (Fsp3) is 0.500. The summed E-state index contributed by atoms with van der Waals surface area (Å²) in [6, 6.07) is 4.17. The Hall–Kier alpha value is -1.50. The van der Waals surface area contributed by atoms with Crippen LogP contribution in [-0.4, -0.2) is 55.5 Å². The third-order valence-corrected chi connectivity index (χ3v) is 3.56. The maximum absolute atomic E-state index is 13.3. The van der Waals surface area contributed by atoms with Crippen LogP contribution in [0.5, 0.6) is 0 Å². The molecule has 1 saturated heterocycles. The summed E-state index contributed by atoms with van der Waals surface area (Å²) in [7, 11) is 3.28. The van der Waals surface area contributed by atoms with Gasteiger partial charge in [0.1, 0.15) is 5.82 Å². The normalized spacial score (nSPS) is 23.1. The van der Waals surface area contributed by atoms with Gasteiger partial charge in [0.05, 0.1) is 17.8 Å². The maximum atomic E-state index is 13.3. The monoisotopic (exact) mass is 283 g/mol. The van der Waals surface area contributed by atoms with E-state index in [9.17, 15) is 9.18 Å². The second-order valence-corrected chi connectivity index (χ2v) is 4.86. The number of ether oxygens (including phenoxy) is 2. The molecule has 1 N–H and O–H groups in total. The first-order valence-corrected chi connectivity index (χ1v) is 6.34. The maximum Gasteiger partial charge on any atom is 0.338 e. The van der Waals surface area contributed by atoms with E-state index in [2.05, 4.69) is 4.90 Å². The lowest BCUT2D eigenvalue weighted by atomic mass is 10.1. The average molecular weight is 283 g/mol. The molecule has 1 fully saturated rings. The van der Waals surface area contributed by atoms with Crippen LogP contribution < -0.4 is 0 Å². The molecule has 1 aliphatic rings. The van der Waals surface area contributed by atoms with Gasteiger partial charge in [-0.15, -0.1) is 0 Å². The van der Waals surface area contributed by atoms with Crippen molar-refractivity contribution in [1.82, 2.24) is 4.90 Å². The molecular formula is C14H18FNO4. The van der Waals surface area contributed by atoms with Crippen LogP contribution in [0.2, 0.25) is 0 Å². The molecule has 2 rings (SSSR count). The number of benzene rings is 1. The summed E-state index contributed by atoms with van der Waals surface area (Å²) in [5.41, 5.74) is 0.462. The molecule has 5 nitrogen and oxygen atoms in total. The van der Waals surface area contributed by atoms with E-state index >= 15 is 0 Å². The number of halogens is 1. The van der Waals surface area contributed by atoms with E-state index in [4.69, 9.17) is 14.6 Å². The molecule has 1 aliphatic heterocycles. The molecule has 2 atom stereocenters. The van der Waals surface area contributed by atoms with Crippen molar-refractivity contribution >= 4 is 5.97 Å². The number of carboxylic acid groups (broad SMARTS) is 1. The topological polar surface area (TPSA) is 59.0 Å². The number of likely N-dealkylation sites (tertiary alicyclic amines) is 1. The van der Waals surface area contributed by atoms with E-state index in [1.165, 1.54) is 12.1 Å². The lowest BCUT2D eigenvalue weighted by molar-refractivity contribution is -0.00461. The van der Waals surface area contributed by atoms with Crippen LogP contribution in [0.1, 0.15) is 15.9 Å². The van der Waals surface area contributed by atoms with Crippen molar-refractivity contribution in [3.8, 4) is 0 Å². The highest BCUT2D eigenvalue weighted by Gasteiger charge is 2.32. The number of hydrogen-bond acceptors (Lipinski definition) is 4. The van der Waals surface area contributed by atoms with Gasteiger partial charge in [-0.25, -0.2) is 9.18 Å². The predicted molar refractivity (Wildman–Crippen MR) is 70.2 cm³/mol. The fourth-order valence-electron chi connectivity index (χ4n) is 2.49. The predicted octanol–water partition coefficient (Wildman–Crippen LogP) is 1.37. The Kier molecular flexibility index (Phi) is 4.69. The Bertz CT molecular complexity index is 482. The first-order valence-electron chi connectivity index (χ1n) is 6.34. The molecule has 110 valence electrons. The lowest BCUT2D eigenvalue weighted by Crippen LogP contribution is -2.27. The average Bonchev–Trinajstić information content (AvgIpc) is 2.82. The first kappa shape index (κ1) is 14.9. The van der Waals surface area contributed by atoms with Gasteiger partial charge < -0.3 is 14.6 Å². The summed E-state index contributed by atoms with van der Waals surface area (Å²) >= 11 is 0. The van der Waals surface area contributed by atoms with Crippen LogP contribution >= 0.6 is 0 Å². The number of aromatic carboxylic acids is 1. The van der Waals surface area contributed by atoms with Gasteiger partial charge in [-0.2, -0.15) is 0 Å². The number of rotatable bonds is 5. The van der Waals surface area contributed by atoms with E-state index in [0.29, 0.717) is 19.6 Å². The van der Waals surface area contributed by atoms with E-state index in [1.807, 2.05) is 0 Å². The molecular weight excluding hydrogens is 265 g/mol. The van der Waals surface area contributed by atoms with Gasteiger partial charge in [0.15, 0.2) is 0 Å². The van der Waals surface area contributed by atoms with Crippen molar-refractivity contribution in [3.63, 3.8) is 0 Å². The molecule has 1 aromatic rings. The molecule has 0 radical (unpaired) electrons. The quantitative estimate of drug-likeness (QED) is 0.884. The largest absolute Gasteiger partial charge is 0.478 e. The molecule has 0 amide bonds. The molecule has 2 unspecified atom stereocenters. The van der Waals surface area contributed by atoms with Crippen molar-refractivity contribution in [3.05, 3.63) is 35.1 Å². The molecule has 20 heavy (non-hydrogen) atoms. The zero-order valence-corrected chi connectivity index (χ0v) is 11.5. The summed E-state index contributed by atoms with van der Waals surface area (Å²) in [6.07, 6.45) is -0.00112. The Labute approximate surface area is 116 Å². The second-order valence-electron chi connectivity index (χ2n) is 4.86. The van der Waals surface area contributed by atoms with Crippen molar-refractivity contribution in [2.45, 2.75) is 18.8 Å². The van der Waals surface area contributed by atoms with Gasteiger partial charge in [0, 0.05) is 33.9 Å². The molecule has 0 bridgehead atoms. The molecule has 0 aromatic heterocycles. The van der Waals surface area contributed by atoms with E-state index < -0.39 is 11.8 Å². The summed E-state index contributed by atoms with van der Waals surface area (Å²) in [5, 5.41) is 8.92. The fourth-order valence-corrected chi connectivity index (χ4v) is 2.49. The Morgan fingerprint density at radius 2 is 1.95 bits per heavy atom. The smallest absolute Gasteiger partial charge is 0.338 e. The standard InChI is InChI=1S/C14H18FNO4/c1-19-12-7-16(8-13(12)20-2)6-9-3-4-11(15)10(5-9)14(17)18/h3-5,12-13H,6-8H2,1-2H3,(H,17,18). The number of methoxy groups -OCH3 is 2. The number of nitrogens with zero attached hydrogens (tertiary/aromatic N) is 1. The minimum absolute atomic E-state index is 0.000562. The lowest BCUT2D eigenvalue weighted by Gasteiger charge is -2.15. The van der Waals surface area contributed by atoms with Crippen molar-refractivity contribution in [2.24, 2.45) is 0 Å². The Balaban J connectivity index is 2.08. The van der Waals surface area contributed by atoms with Gasteiger partial charge >= 0.3 is 5.97 Å². The van der Waals surface area contributed by atoms with E-state index in [0.717, 1.165) is 5.56 Å². The first-order chi connectivity index (χ1) is 9.55. The van der Waals surface area contributed by atoms with Gasteiger partial charge in [-0.05, 0) is 17.7 Å². The molecule has 0 saturated carbocycles. The van der Waals surface area contributed by atoms with Gasteiger partial charge in [0.25, 0.3) is 0 Å². The highest BCUT2D eigenvalue weighted by atomic mass is 19.1. The molecule has 1 aromatic carbocycles. The zero-order chi connectivity index (χ0) is 14.7. The van der Waals surface area contributed by atoms with Crippen LogP contribution in [0.15, 0.2) is 18.2 Å². The van der Waals surface area contributed by atoms with Crippen LogP contribution in [0.25, 0.3) is 0 Å². The van der Waals surface area contributed by atoms with Crippen molar-refractivity contribution in [2.75, 3.05) is 27.3 Å². The summed E-state index contributed by atoms with van der Waals surface area (Å²) in [5.74, 6) is -1.97. The Morgan fingerprint density at radius 1 is 1.35 bits per heavy atom. The highest BCUT2D eigenvalue weighted by Crippen LogP contribution is 2.19. The number of carboxylic acids is 1. The minimum Gasteiger partial charge on any atom is -0.478 e. The van der Waals surface area contributed by atoms with Crippen molar-refractivity contribution in [1.29, 1.82) is 0 Å². The minimum atomic E-state index is -1.25. The third kappa shape index (κ3) is 3.15. The number of carbonyl (C=O) groups is 1. The van der Waals surface area contributed by atoms with Crippen LogP contribution in [-0.2, 0) is 16.0 Å². The second kappa shape index (κ2) is 6.30. The van der Waals surface area contributed by atoms with E-state index in [-0.39, 0.29) is 17.8 Å². The van der Waals surface area contributed by atoms with Crippen molar-refractivity contribution < 1.29 is 23.8 Å². The third-order valence-electron chi connectivity index (χ3n) is 3.56. The molecule has 1 heterocycles. The van der Waals surface area contributed by atoms with Crippen LogP contribution in [0.3, 0.4) is 0 Å². The Morgan fingerprint density at radius 3 is 2.45 bits per heavy atom.